The number of pyridine rings is 1. The predicted octanol–water partition coefficient (Wildman–Crippen LogP) is 1.09. The van der Waals surface area contributed by atoms with Crippen molar-refractivity contribution < 1.29 is 4.74 Å². The number of H-pyrrole nitrogens is 1. The van der Waals surface area contributed by atoms with Crippen LogP contribution in [0.2, 0.25) is 0 Å². The number of rotatable bonds is 2. The van der Waals surface area contributed by atoms with Gasteiger partial charge in [0.1, 0.15) is 35.3 Å². The van der Waals surface area contributed by atoms with E-state index in [1.807, 2.05) is 6.07 Å². The molecule has 1 N–H and O–H groups in total. The smallest absolute Gasteiger partial charge is 0.290 e. The lowest BCUT2D eigenvalue weighted by atomic mass is 9.97. The zero-order valence-corrected chi connectivity index (χ0v) is 12.9. The lowest BCUT2D eigenvalue weighted by Gasteiger charge is -2.08. The molecule has 0 fully saturated rings. The number of aromatic amines is 1. The molecule has 0 spiro atoms. The first-order valence-electron chi connectivity index (χ1n) is 7.14. The van der Waals surface area contributed by atoms with E-state index < -0.39 is 5.56 Å². The van der Waals surface area contributed by atoms with Gasteiger partial charge >= 0.3 is 0 Å². The average Bonchev–Trinajstić information content (AvgIpc) is 3.22. The maximum absolute atomic E-state index is 12.8. The van der Waals surface area contributed by atoms with Crippen molar-refractivity contribution in [2.75, 3.05) is 7.11 Å². The standard InChI is InChI=1S/C16H9N7O2/c1-25-10-4-2-9(3-5-10)13-11(6-17)14-20-16-21-19-8-22(16)23(14)15(24)12(13)7-18/h2-5,8H,1H3,(H,20,21). The third-order valence-corrected chi connectivity index (χ3v) is 3.91. The summed E-state index contributed by atoms with van der Waals surface area (Å²) in [7, 11) is 1.54. The van der Waals surface area contributed by atoms with Gasteiger partial charge in [-0.3, -0.25) is 4.79 Å². The van der Waals surface area contributed by atoms with Crippen LogP contribution in [0.5, 0.6) is 5.75 Å². The second-order valence-corrected chi connectivity index (χ2v) is 5.15. The van der Waals surface area contributed by atoms with Crippen molar-refractivity contribution in [2.45, 2.75) is 0 Å². The maximum Gasteiger partial charge on any atom is 0.290 e. The molecule has 120 valence electrons. The molecule has 9 heteroatoms. The number of methoxy groups -OCH3 is 1. The van der Waals surface area contributed by atoms with Crippen LogP contribution in [-0.4, -0.2) is 31.3 Å². The van der Waals surface area contributed by atoms with Crippen molar-refractivity contribution in [3.8, 4) is 29.0 Å². The van der Waals surface area contributed by atoms with E-state index in [9.17, 15) is 15.3 Å². The third kappa shape index (κ3) is 1.90. The van der Waals surface area contributed by atoms with Crippen LogP contribution in [0.1, 0.15) is 11.1 Å². The SMILES string of the molecule is COc1ccc(-c2c(C#N)c(=O)n3c(nc4[nH]ncn43)c2C#N)cc1. The summed E-state index contributed by atoms with van der Waals surface area (Å²) >= 11 is 0. The fraction of sp³-hybridized carbons (Fsp3) is 0.0625. The Balaban J connectivity index is 2.18. The van der Waals surface area contributed by atoms with E-state index in [-0.39, 0.29) is 22.3 Å². The Morgan fingerprint density at radius 3 is 2.52 bits per heavy atom. The molecule has 0 saturated carbocycles. The lowest BCUT2D eigenvalue weighted by molar-refractivity contribution is 0.415. The van der Waals surface area contributed by atoms with Crippen molar-refractivity contribution in [3.05, 3.63) is 52.1 Å². The number of nitrogens with zero attached hydrogens (tertiary/aromatic N) is 6. The predicted molar refractivity (Wildman–Crippen MR) is 86.0 cm³/mol. The van der Waals surface area contributed by atoms with Gasteiger partial charge in [0.2, 0.25) is 5.78 Å². The molecule has 0 atom stereocenters. The number of aromatic nitrogens is 5. The second-order valence-electron chi connectivity index (χ2n) is 5.15. The van der Waals surface area contributed by atoms with Gasteiger partial charge in [-0.15, -0.1) is 0 Å². The van der Waals surface area contributed by atoms with Gasteiger partial charge in [0.25, 0.3) is 5.56 Å². The molecule has 0 radical (unpaired) electrons. The summed E-state index contributed by atoms with van der Waals surface area (Å²) < 4.78 is 7.63. The van der Waals surface area contributed by atoms with Crippen molar-refractivity contribution in [1.29, 1.82) is 10.5 Å². The van der Waals surface area contributed by atoms with Gasteiger partial charge in [0, 0.05) is 5.56 Å². The minimum Gasteiger partial charge on any atom is -0.497 e. The lowest BCUT2D eigenvalue weighted by Crippen LogP contribution is -2.21. The summed E-state index contributed by atoms with van der Waals surface area (Å²) in [6.07, 6.45) is 1.35. The van der Waals surface area contributed by atoms with E-state index in [2.05, 4.69) is 21.3 Å². The molecular weight excluding hydrogens is 322 g/mol. The number of ether oxygens (including phenoxy) is 1. The molecule has 0 amide bonds. The molecule has 4 aromatic rings. The number of nitrogens with one attached hydrogen (secondary N) is 1. The van der Waals surface area contributed by atoms with Crippen LogP contribution in [0.25, 0.3) is 22.6 Å². The van der Waals surface area contributed by atoms with Gasteiger partial charge in [-0.2, -0.15) is 29.6 Å². The van der Waals surface area contributed by atoms with E-state index in [0.717, 1.165) is 4.52 Å². The molecule has 3 heterocycles. The Labute approximate surface area is 139 Å². The second kappa shape index (κ2) is 5.22. The van der Waals surface area contributed by atoms with E-state index in [1.54, 1.807) is 24.3 Å². The molecule has 0 aliphatic carbocycles. The van der Waals surface area contributed by atoms with Crippen LogP contribution >= 0.6 is 0 Å². The first-order chi connectivity index (χ1) is 12.2. The van der Waals surface area contributed by atoms with Gasteiger partial charge in [-0.25, -0.2) is 5.10 Å². The van der Waals surface area contributed by atoms with Crippen LogP contribution < -0.4 is 10.3 Å². The van der Waals surface area contributed by atoms with Gasteiger partial charge in [0.05, 0.1) is 7.11 Å². The van der Waals surface area contributed by atoms with Gasteiger partial charge in [-0.1, -0.05) is 12.1 Å². The largest absolute Gasteiger partial charge is 0.497 e. The summed E-state index contributed by atoms with van der Waals surface area (Å²) in [5, 5.41) is 25.7. The molecule has 0 aliphatic rings. The Hall–Kier alpha value is -4.11. The summed E-state index contributed by atoms with van der Waals surface area (Å²) in [4.78, 5) is 17.1. The highest BCUT2D eigenvalue weighted by molar-refractivity contribution is 5.82. The minimum atomic E-state index is -0.573. The molecule has 1 aromatic carbocycles. The third-order valence-electron chi connectivity index (χ3n) is 3.91. The number of benzene rings is 1. The summed E-state index contributed by atoms with van der Waals surface area (Å²) in [5.41, 5.74) is 0.400. The first-order valence-corrected chi connectivity index (χ1v) is 7.14. The highest BCUT2D eigenvalue weighted by Gasteiger charge is 2.23. The number of hydrogen-bond acceptors (Lipinski definition) is 6. The Kier molecular flexibility index (Phi) is 3.02. The minimum absolute atomic E-state index is 0.137. The van der Waals surface area contributed by atoms with Gasteiger partial charge in [0.15, 0.2) is 5.65 Å². The fourth-order valence-electron chi connectivity index (χ4n) is 2.78. The van der Waals surface area contributed by atoms with Crippen LogP contribution in [-0.2, 0) is 0 Å². The summed E-state index contributed by atoms with van der Waals surface area (Å²) in [6.45, 7) is 0. The number of hydrogen-bond donors (Lipinski definition) is 1. The van der Waals surface area contributed by atoms with Crippen LogP contribution in [0, 0.1) is 22.7 Å². The van der Waals surface area contributed by atoms with Crippen molar-refractivity contribution in [1.82, 2.24) is 24.2 Å². The molecule has 0 aliphatic heterocycles. The van der Waals surface area contributed by atoms with Crippen molar-refractivity contribution in [3.63, 3.8) is 0 Å². The highest BCUT2D eigenvalue weighted by atomic mass is 16.5. The molecule has 3 aromatic heterocycles. The molecule has 0 saturated heterocycles. The van der Waals surface area contributed by atoms with Crippen LogP contribution in [0.15, 0.2) is 35.4 Å². The van der Waals surface area contributed by atoms with Gasteiger partial charge in [-0.05, 0) is 17.7 Å². The normalized spacial score (nSPS) is 10.7. The van der Waals surface area contributed by atoms with Gasteiger partial charge < -0.3 is 4.74 Å². The zero-order valence-electron chi connectivity index (χ0n) is 12.9. The Morgan fingerprint density at radius 1 is 1.16 bits per heavy atom. The molecule has 25 heavy (non-hydrogen) atoms. The van der Waals surface area contributed by atoms with E-state index in [0.29, 0.717) is 17.1 Å². The van der Waals surface area contributed by atoms with Crippen molar-refractivity contribution in [2.24, 2.45) is 0 Å². The maximum atomic E-state index is 12.8. The van der Waals surface area contributed by atoms with Crippen molar-refractivity contribution >= 4 is 11.4 Å². The average molecular weight is 331 g/mol. The van der Waals surface area contributed by atoms with E-state index in [4.69, 9.17) is 4.74 Å². The van der Waals surface area contributed by atoms with Crippen LogP contribution in [0.3, 0.4) is 0 Å². The summed E-state index contributed by atoms with van der Waals surface area (Å²) in [5.74, 6) is 0.921. The Morgan fingerprint density at radius 2 is 1.88 bits per heavy atom. The summed E-state index contributed by atoms with van der Waals surface area (Å²) in [6, 6.07) is 10.8. The number of fused-ring (bicyclic) bond motifs is 3. The topological polar surface area (TPSA) is 124 Å². The highest BCUT2D eigenvalue weighted by Crippen LogP contribution is 2.29. The zero-order chi connectivity index (χ0) is 17.6. The number of nitriles is 2. The molecule has 9 nitrogen and oxygen atoms in total. The van der Waals surface area contributed by atoms with Crippen LogP contribution in [0.4, 0.5) is 0 Å². The van der Waals surface area contributed by atoms with E-state index >= 15 is 0 Å². The molecule has 0 unspecified atom stereocenters. The first kappa shape index (κ1) is 14.5. The molecule has 4 rings (SSSR count). The van der Waals surface area contributed by atoms with E-state index in [1.165, 1.54) is 18.0 Å². The molecular formula is C16H9N7O2. The monoisotopic (exact) mass is 331 g/mol. The quantitative estimate of drug-likeness (QED) is 0.586. The Bertz CT molecular complexity index is 1260. The molecule has 0 bridgehead atoms. The fourth-order valence-corrected chi connectivity index (χ4v) is 2.78.